The molecule has 0 aromatic heterocycles. The van der Waals surface area contributed by atoms with E-state index >= 15 is 0 Å². The number of para-hydroxylation sites is 1. The van der Waals surface area contributed by atoms with Crippen LogP contribution < -0.4 is 9.62 Å². The number of nitrogens with zero attached hydrogens (tertiary/aromatic N) is 2. The fraction of sp³-hybridized carbons (Fsp3) is 0.333. The van der Waals surface area contributed by atoms with E-state index in [-0.39, 0.29) is 23.0 Å². The van der Waals surface area contributed by atoms with Gasteiger partial charge in [0.05, 0.1) is 10.6 Å². The van der Waals surface area contributed by atoms with Crippen molar-refractivity contribution in [3.63, 3.8) is 0 Å². The Kier molecular flexibility index (Phi) is 10.2. The third-order valence-electron chi connectivity index (χ3n) is 6.38. The largest absolute Gasteiger partial charge is 0.354 e. The van der Waals surface area contributed by atoms with E-state index in [1.165, 1.54) is 35.2 Å². The Morgan fingerprint density at radius 2 is 1.62 bits per heavy atom. The maximum absolute atomic E-state index is 15.0. The standard InChI is InChI=1S/C30H36FN3O4S/c1-5-18-32-30(36)27(6-2)33(20-24-11-9-10-23(4)19-24)29(35)21-34(28-13-8-7-12-26(28)31)39(37,38)25-16-14-22(3)15-17-25/h7-17,19,27H,5-6,18,20-21H2,1-4H3,(H,32,36)/t27-/m1/s1. The molecule has 0 fully saturated rings. The molecule has 1 N–H and O–H groups in total. The molecule has 0 spiro atoms. The molecule has 208 valence electrons. The van der Waals surface area contributed by atoms with Gasteiger partial charge < -0.3 is 10.2 Å². The van der Waals surface area contributed by atoms with Gasteiger partial charge in [0.1, 0.15) is 18.4 Å². The summed E-state index contributed by atoms with van der Waals surface area (Å²) in [6, 6.07) is 18.3. The Morgan fingerprint density at radius 3 is 2.23 bits per heavy atom. The topological polar surface area (TPSA) is 86.8 Å². The van der Waals surface area contributed by atoms with Crippen LogP contribution in [-0.2, 0) is 26.2 Å². The van der Waals surface area contributed by atoms with Crippen LogP contribution >= 0.6 is 0 Å². The first-order valence-corrected chi connectivity index (χ1v) is 14.5. The Hall–Kier alpha value is -3.72. The summed E-state index contributed by atoms with van der Waals surface area (Å²) in [6.07, 6.45) is 1.04. The number of carbonyl (C=O) groups excluding carboxylic acids is 2. The zero-order valence-electron chi connectivity index (χ0n) is 22.9. The van der Waals surface area contributed by atoms with Crippen LogP contribution in [0.1, 0.15) is 43.4 Å². The molecule has 2 amide bonds. The number of nitrogens with one attached hydrogen (secondary N) is 1. The van der Waals surface area contributed by atoms with Gasteiger partial charge in [-0.15, -0.1) is 0 Å². The van der Waals surface area contributed by atoms with E-state index < -0.39 is 34.3 Å². The maximum atomic E-state index is 15.0. The second-order valence-electron chi connectivity index (χ2n) is 9.50. The Bertz CT molecular complexity index is 1390. The maximum Gasteiger partial charge on any atom is 0.264 e. The molecule has 0 aliphatic carbocycles. The highest BCUT2D eigenvalue weighted by atomic mass is 32.2. The van der Waals surface area contributed by atoms with E-state index in [0.717, 1.165) is 33.5 Å². The molecule has 0 saturated heterocycles. The van der Waals surface area contributed by atoms with Gasteiger partial charge in [-0.2, -0.15) is 0 Å². The van der Waals surface area contributed by atoms with Crippen LogP contribution in [0.15, 0.2) is 77.7 Å². The number of rotatable bonds is 12. The fourth-order valence-corrected chi connectivity index (χ4v) is 5.72. The zero-order chi connectivity index (χ0) is 28.6. The van der Waals surface area contributed by atoms with Crippen molar-refractivity contribution in [2.24, 2.45) is 0 Å². The molecule has 0 aliphatic rings. The summed E-state index contributed by atoms with van der Waals surface area (Å²) in [5.41, 5.74) is 2.39. The molecule has 3 rings (SSSR count). The lowest BCUT2D eigenvalue weighted by Crippen LogP contribution is -2.52. The van der Waals surface area contributed by atoms with E-state index in [0.29, 0.717) is 13.0 Å². The third-order valence-corrected chi connectivity index (χ3v) is 8.15. The normalized spacial score (nSPS) is 12.0. The lowest BCUT2D eigenvalue weighted by molar-refractivity contribution is -0.140. The van der Waals surface area contributed by atoms with Gasteiger partial charge in [0.15, 0.2) is 0 Å². The molecule has 3 aromatic carbocycles. The van der Waals surface area contributed by atoms with Crippen LogP contribution in [0.2, 0.25) is 0 Å². The van der Waals surface area contributed by atoms with Crippen molar-refractivity contribution in [3.8, 4) is 0 Å². The fourth-order valence-electron chi connectivity index (χ4n) is 4.30. The molecule has 9 heteroatoms. The summed E-state index contributed by atoms with van der Waals surface area (Å²) >= 11 is 0. The van der Waals surface area contributed by atoms with E-state index in [1.807, 2.05) is 45.0 Å². The van der Waals surface area contributed by atoms with Gasteiger partial charge in [-0.25, -0.2) is 12.8 Å². The van der Waals surface area contributed by atoms with E-state index in [2.05, 4.69) is 5.32 Å². The van der Waals surface area contributed by atoms with Gasteiger partial charge in [0.2, 0.25) is 11.8 Å². The van der Waals surface area contributed by atoms with E-state index in [1.54, 1.807) is 19.1 Å². The quantitative estimate of drug-likeness (QED) is 0.343. The minimum absolute atomic E-state index is 0.0675. The average molecular weight is 554 g/mol. The van der Waals surface area contributed by atoms with Crippen molar-refractivity contribution in [1.29, 1.82) is 0 Å². The number of carbonyl (C=O) groups is 2. The highest BCUT2D eigenvalue weighted by Crippen LogP contribution is 2.27. The molecular formula is C30H36FN3O4S. The first kappa shape index (κ1) is 29.8. The van der Waals surface area contributed by atoms with E-state index in [4.69, 9.17) is 0 Å². The second-order valence-corrected chi connectivity index (χ2v) is 11.4. The molecule has 0 heterocycles. The summed E-state index contributed by atoms with van der Waals surface area (Å²) < 4.78 is 43.3. The highest BCUT2D eigenvalue weighted by Gasteiger charge is 2.34. The smallest absolute Gasteiger partial charge is 0.264 e. The van der Waals surface area contributed by atoms with Crippen molar-refractivity contribution >= 4 is 27.5 Å². The van der Waals surface area contributed by atoms with Crippen molar-refractivity contribution in [2.75, 3.05) is 17.4 Å². The molecule has 0 bridgehead atoms. The van der Waals surface area contributed by atoms with Gasteiger partial charge in [-0.3, -0.25) is 13.9 Å². The SMILES string of the molecule is CCCNC(=O)[C@@H](CC)N(Cc1cccc(C)c1)C(=O)CN(c1ccccc1F)S(=O)(=O)c1ccc(C)cc1. The van der Waals surface area contributed by atoms with Crippen molar-refractivity contribution < 1.29 is 22.4 Å². The average Bonchev–Trinajstić information content (AvgIpc) is 2.91. The van der Waals surface area contributed by atoms with E-state index in [9.17, 15) is 22.4 Å². The predicted molar refractivity (Wildman–Crippen MR) is 151 cm³/mol. The highest BCUT2D eigenvalue weighted by molar-refractivity contribution is 7.92. The molecule has 39 heavy (non-hydrogen) atoms. The van der Waals surface area contributed by atoms with Crippen LogP contribution in [0, 0.1) is 19.7 Å². The van der Waals surface area contributed by atoms with Crippen LogP contribution in [0.4, 0.5) is 10.1 Å². The Morgan fingerprint density at radius 1 is 0.923 bits per heavy atom. The molecule has 0 aliphatic heterocycles. The number of sulfonamides is 1. The molecule has 0 unspecified atom stereocenters. The van der Waals surface area contributed by atoms with Crippen molar-refractivity contribution in [3.05, 3.63) is 95.3 Å². The number of benzene rings is 3. The van der Waals surface area contributed by atoms with Gasteiger partial charge in [0.25, 0.3) is 10.0 Å². The Labute approximate surface area is 230 Å². The van der Waals surface area contributed by atoms with Gasteiger partial charge in [-0.1, -0.05) is 73.5 Å². The first-order chi connectivity index (χ1) is 18.6. The van der Waals surface area contributed by atoms with Crippen LogP contribution in [0.3, 0.4) is 0 Å². The predicted octanol–water partition coefficient (Wildman–Crippen LogP) is 4.97. The van der Waals surface area contributed by atoms with Crippen LogP contribution in [-0.4, -0.2) is 44.3 Å². The van der Waals surface area contributed by atoms with Crippen molar-refractivity contribution in [2.45, 2.75) is 58.0 Å². The number of hydrogen-bond acceptors (Lipinski definition) is 4. The zero-order valence-corrected chi connectivity index (χ0v) is 23.7. The third kappa shape index (κ3) is 7.44. The summed E-state index contributed by atoms with van der Waals surface area (Å²) in [5.74, 6) is -1.72. The Balaban J connectivity index is 2.06. The monoisotopic (exact) mass is 553 g/mol. The summed E-state index contributed by atoms with van der Waals surface area (Å²) in [6.45, 7) is 7.34. The summed E-state index contributed by atoms with van der Waals surface area (Å²) in [4.78, 5) is 28.4. The van der Waals surface area contributed by atoms with Gasteiger partial charge in [0, 0.05) is 13.1 Å². The van der Waals surface area contributed by atoms with Gasteiger partial charge in [-0.05, 0) is 56.5 Å². The van der Waals surface area contributed by atoms with Crippen LogP contribution in [0.5, 0.6) is 0 Å². The van der Waals surface area contributed by atoms with Crippen molar-refractivity contribution in [1.82, 2.24) is 10.2 Å². The number of hydrogen-bond donors (Lipinski definition) is 1. The molecule has 0 saturated carbocycles. The molecule has 7 nitrogen and oxygen atoms in total. The number of amides is 2. The number of halogens is 1. The molecular weight excluding hydrogens is 517 g/mol. The summed E-state index contributed by atoms with van der Waals surface area (Å²) in [5, 5.41) is 2.85. The minimum atomic E-state index is -4.32. The molecule has 0 radical (unpaired) electrons. The summed E-state index contributed by atoms with van der Waals surface area (Å²) in [7, 11) is -4.32. The lowest BCUT2D eigenvalue weighted by atomic mass is 10.1. The molecule has 3 aromatic rings. The second kappa shape index (κ2) is 13.4. The number of anilines is 1. The van der Waals surface area contributed by atoms with Crippen LogP contribution in [0.25, 0.3) is 0 Å². The molecule has 1 atom stereocenters. The lowest BCUT2D eigenvalue weighted by Gasteiger charge is -2.33. The first-order valence-electron chi connectivity index (χ1n) is 13.0. The van der Waals surface area contributed by atoms with Gasteiger partial charge >= 0.3 is 0 Å². The number of aryl methyl sites for hydroxylation is 2. The minimum Gasteiger partial charge on any atom is -0.354 e.